The standard InChI is InChI=1S/C13H8FN3O2/c14-9-5-2-1-4-8(9)10-11-15-6-3-7-17(11)12(16-10)13(18)19/h1-7H,(H,18,19). The van der Waals surface area contributed by atoms with Crippen LogP contribution in [-0.4, -0.2) is 25.4 Å². The van der Waals surface area contributed by atoms with Crippen molar-refractivity contribution in [2.75, 3.05) is 0 Å². The molecule has 2 heterocycles. The minimum Gasteiger partial charge on any atom is -0.475 e. The van der Waals surface area contributed by atoms with Gasteiger partial charge in [-0.1, -0.05) is 12.1 Å². The van der Waals surface area contributed by atoms with Gasteiger partial charge >= 0.3 is 5.97 Å². The second kappa shape index (κ2) is 4.16. The van der Waals surface area contributed by atoms with Crippen LogP contribution in [0, 0.1) is 5.82 Å². The van der Waals surface area contributed by atoms with Gasteiger partial charge in [0, 0.05) is 18.0 Å². The molecule has 0 fully saturated rings. The zero-order valence-electron chi connectivity index (χ0n) is 9.62. The van der Waals surface area contributed by atoms with E-state index >= 15 is 0 Å². The Bertz CT molecular complexity index is 782. The Labute approximate surface area is 107 Å². The highest BCUT2D eigenvalue weighted by molar-refractivity contribution is 5.88. The molecule has 94 valence electrons. The maximum Gasteiger partial charge on any atom is 0.372 e. The minimum absolute atomic E-state index is 0.193. The topological polar surface area (TPSA) is 67.5 Å². The quantitative estimate of drug-likeness (QED) is 0.764. The maximum atomic E-state index is 13.8. The molecule has 0 aliphatic carbocycles. The van der Waals surface area contributed by atoms with E-state index in [4.69, 9.17) is 5.11 Å². The summed E-state index contributed by atoms with van der Waals surface area (Å²) in [6.45, 7) is 0. The second-order valence-electron chi connectivity index (χ2n) is 3.88. The van der Waals surface area contributed by atoms with E-state index in [2.05, 4.69) is 9.97 Å². The van der Waals surface area contributed by atoms with E-state index < -0.39 is 11.8 Å². The second-order valence-corrected chi connectivity index (χ2v) is 3.88. The van der Waals surface area contributed by atoms with Crippen LogP contribution in [0.3, 0.4) is 0 Å². The average molecular weight is 257 g/mol. The highest BCUT2D eigenvalue weighted by atomic mass is 19.1. The van der Waals surface area contributed by atoms with Gasteiger partial charge in [0.1, 0.15) is 11.5 Å². The third-order valence-corrected chi connectivity index (χ3v) is 2.72. The fraction of sp³-hybridized carbons (Fsp3) is 0. The number of rotatable bonds is 2. The molecule has 0 atom stereocenters. The van der Waals surface area contributed by atoms with Gasteiger partial charge in [-0.25, -0.2) is 19.2 Å². The molecular formula is C13H8FN3O2. The lowest BCUT2D eigenvalue weighted by Crippen LogP contribution is -2.03. The first-order valence-corrected chi connectivity index (χ1v) is 5.50. The summed E-state index contributed by atoms with van der Waals surface area (Å²) in [5.41, 5.74) is 0.757. The lowest BCUT2D eigenvalue weighted by Gasteiger charge is -1.99. The first-order chi connectivity index (χ1) is 9.18. The fourth-order valence-electron chi connectivity index (χ4n) is 1.91. The number of fused-ring (bicyclic) bond motifs is 1. The monoisotopic (exact) mass is 257 g/mol. The molecule has 5 nitrogen and oxygen atoms in total. The van der Waals surface area contributed by atoms with Crippen LogP contribution >= 0.6 is 0 Å². The SMILES string of the molecule is O=C(O)c1nc(-c2ccccc2F)c2ncccn12. The lowest BCUT2D eigenvalue weighted by atomic mass is 10.1. The van der Waals surface area contributed by atoms with Gasteiger partial charge in [-0.05, 0) is 18.2 Å². The normalized spacial score (nSPS) is 10.8. The van der Waals surface area contributed by atoms with Crippen LogP contribution < -0.4 is 0 Å². The van der Waals surface area contributed by atoms with Crippen molar-refractivity contribution in [3.63, 3.8) is 0 Å². The number of aromatic nitrogens is 3. The Morgan fingerprint density at radius 3 is 2.79 bits per heavy atom. The molecule has 1 aromatic carbocycles. The third-order valence-electron chi connectivity index (χ3n) is 2.72. The summed E-state index contributed by atoms with van der Waals surface area (Å²) < 4.78 is 15.1. The molecule has 0 aliphatic heterocycles. The molecule has 2 aromatic heterocycles. The van der Waals surface area contributed by atoms with Gasteiger partial charge in [-0.2, -0.15) is 0 Å². The van der Waals surface area contributed by atoms with E-state index in [1.807, 2.05) is 0 Å². The molecule has 0 bridgehead atoms. The Morgan fingerprint density at radius 2 is 2.05 bits per heavy atom. The number of imidazole rings is 1. The number of carbonyl (C=O) groups is 1. The van der Waals surface area contributed by atoms with Crippen molar-refractivity contribution < 1.29 is 14.3 Å². The summed E-state index contributed by atoms with van der Waals surface area (Å²) in [6.07, 6.45) is 3.04. The molecule has 19 heavy (non-hydrogen) atoms. The van der Waals surface area contributed by atoms with Crippen LogP contribution in [0.15, 0.2) is 42.7 Å². The molecule has 0 radical (unpaired) electrons. The smallest absolute Gasteiger partial charge is 0.372 e. The molecule has 0 spiro atoms. The zero-order valence-corrected chi connectivity index (χ0v) is 9.62. The minimum atomic E-state index is -1.19. The van der Waals surface area contributed by atoms with E-state index in [1.165, 1.54) is 28.9 Å². The summed E-state index contributed by atoms with van der Waals surface area (Å²) in [5.74, 6) is -1.85. The number of nitrogens with zero attached hydrogens (tertiary/aromatic N) is 3. The number of hydrogen-bond acceptors (Lipinski definition) is 3. The summed E-state index contributed by atoms with van der Waals surface area (Å²) in [4.78, 5) is 19.2. The highest BCUT2D eigenvalue weighted by Crippen LogP contribution is 2.25. The van der Waals surface area contributed by atoms with Crippen LogP contribution in [0.4, 0.5) is 4.39 Å². The molecule has 6 heteroatoms. The summed E-state index contributed by atoms with van der Waals surface area (Å²) in [7, 11) is 0. The third kappa shape index (κ3) is 1.74. The average Bonchev–Trinajstić information content (AvgIpc) is 2.79. The van der Waals surface area contributed by atoms with Crippen LogP contribution in [0.2, 0.25) is 0 Å². The van der Waals surface area contributed by atoms with E-state index in [1.54, 1.807) is 18.2 Å². The summed E-state index contributed by atoms with van der Waals surface area (Å²) in [6, 6.07) is 7.64. The number of aromatic carboxylic acids is 1. The molecule has 3 rings (SSSR count). The summed E-state index contributed by atoms with van der Waals surface area (Å²) in [5, 5.41) is 9.11. The van der Waals surface area contributed by atoms with Crippen LogP contribution in [0.5, 0.6) is 0 Å². The van der Waals surface area contributed by atoms with Crippen molar-refractivity contribution in [2.24, 2.45) is 0 Å². The van der Waals surface area contributed by atoms with Crippen molar-refractivity contribution in [3.05, 3.63) is 54.4 Å². The van der Waals surface area contributed by atoms with Crippen LogP contribution in [0.1, 0.15) is 10.6 Å². The van der Waals surface area contributed by atoms with Crippen molar-refractivity contribution in [1.29, 1.82) is 0 Å². The predicted octanol–water partition coefficient (Wildman–Crippen LogP) is 2.23. The highest BCUT2D eigenvalue weighted by Gasteiger charge is 2.19. The van der Waals surface area contributed by atoms with Crippen molar-refractivity contribution in [3.8, 4) is 11.3 Å². The van der Waals surface area contributed by atoms with Crippen molar-refractivity contribution in [1.82, 2.24) is 14.4 Å². The van der Waals surface area contributed by atoms with Gasteiger partial charge in [-0.15, -0.1) is 0 Å². The molecule has 1 N–H and O–H groups in total. The molecule has 0 aliphatic rings. The van der Waals surface area contributed by atoms with Gasteiger partial charge in [0.25, 0.3) is 0 Å². The lowest BCUT2D eigenvalue weighted by molar-refractivity contribution is 0.0683. The van der Waals surface area contributed by atoms with Gasteiger partial charge in [0.05, 0.1) is 0 Å². The van der Waals surface area contributed by atoms with Gasteiger partial charge in [0.15, 0.2) is 5.65 Å². The Morgan fingerprint density at radius 1 is 1.26 bits per heavy atom. The van der Waals surface area contributed by atoms with Crippen LogP contribution in [0.25, 0.3) is 16.9 Å². The van der Waals surface area contributed by atoms with Crippen LogP contribution in [-0.2, 0) is 0 Å². The number of carboxylic acids is 1. The van der Waals surface area contributed by atoms with E-state index in [0.29, 0.717) is 5.65 Å². The molecule has 0 saturated carbocycles. The molecule has 0 saturated heterocycles. The maximum absolute atomic E-state index is 13.8. The first-order valence-electron chi connectivity index (χ1n) is 5.50. The van der Waals surface area contributed by atoms with Crippen molar-refractivity contribution >= 4 is 11.6 Å². The van der Waals surface area contributed by atoms with Crippen molar-refractivity contribution in [2.45, 2.75) is 0 Å². The van der Waals surface area contributed by atoms with Gasteiger partial charge in [-0.3, -0.25) is 4.40 Å². The molecule has 3 aromatic rings. The van der Waals surface area contributed by atoms with E-state index in [-0.39, 0.29) is 17.1 Å². The zero-order chi connectivity index (χ0) is 13.4. The Kier molecular flexibility index (Phi) is 2.49. The van der Waals surface area contributed by atoms with E-state index in [9.17, 15) is 9.18 Å². The number of halogens is 1. The molecule has 0 unspecified atom stereocenters. The Balaban J connectivity index is 2.37. The molecular weight excluding hydrogens is 249 g/mol. The predicted molar refractivity (Wildman–Crippen MR) is 65.3 cm³/mol. The first kappa shape index (κ1) is 11.3. The van der Waals surface area contributed by atoms with Gasteiger partial charge < -0.3 is 5.11 Å². The summed E-state index contributed by atoms with van der Waals surface area (Å²) >= 11 is 0. The largest absolute Gasteiger partial charge is 0.475 e. The van der Waals surface area contributed by atoms with E-state index in [0.717, 1.165) is 0 Å². The number of hydrogen-bond donors (Lipinski definition) is 1. The fourth-order valence-corrected chi connectivity index (χ4v) is 1.91. The number of carboxylic acid groups (broad SMARTS) is 1. The van der Waals surface area contributed by atoms with Gasteiger partial charge in [0.2, 0.25) is 5.82 Å². The number of benzene rings is 1. The Hall–Kier alpha value is -2.76. The molecule has 0 amide bonds.